The van der Waals surface area contributed by atoms with Gasteiger partial charge in [-0.3, -0.25) is 4.98 Å². The molecule has 224 valence electrons. The number of pyridine rings is 1. The van der Waals surface area contributed by atoms with Gasteiger partial charge >= 0.3 is 0 Å². The first kappa shape index (κ1) is 26.5. The molecule has 4 aromatic heterocycles. The van der Waals surface area contributed by atoms with Crippen molar-refractivity contribution in [2.45, 2.75) is 0 Å². The highest BCUT2D eigenvalue weighted by atomic mass is 16.3. The molecule has 0 N–H and O–H groups in total. The van der Waals surface area contributed by atoms with Gasteiger partial charge in [0.15, 0.2) is 23.1 Å². The van der Waals surface area contributed by atoms with Crippen molar-refractivity contribution in [2.24, 2.45) is 0 Å². The van der Waals surface area contributed by atoms with E-state index < -0.39 is 0 Å². The molecular formula is C42H24N4O2. The number of rotatable bonds is 4. The number of hydrogen-bond acceptors (Lipinski definition) is 6. The second-order valence-electron chi connectivity index (χ2n) is 11.9. The predicted octanol–water partition coefficient (Wildman–Crippen LogP) is 10.9. The quantitative estimate of drug-likeness (QED) is 0.196. The van der Waals surface area contributed by atoms with E-state index in [9.17, 15) is 0 Å². The summed E-state index contributed by atoms with van der Waals surface area (Å²) in [5.41, 5.74) is 7.58. The van der Waals surface area contributed by atoms with E-state index in [2.05, 4.69) is 77.8 Å². The zero-order chi connectivity index (χ0) is 31.6. The van der Waals surface area contributed by atoms with Crippen molar-refractivity contribution in [2.75, 3.05) is 0 Å². The SMILES string of the molecule is c1ccc(-c2nc(-c3ccc4ccccc4c3)nc(-c3cncc4oc5c(-c6cccc7c6oc6ccccc67)cccc5c34)n2)cc1. The molecule has 0 radical (unpaired) electrons. The highest BCUT2D eigenvalue weighted by Crippen LogP contribution is 2.43. The van der Waals surface area contributed by atoms with Crippen molar-refractivity contribution in [3.05, 3.63) is 146 Å². The van der Waals surface area contributed by atoms with E-state index in [1.807, 2.05) is 66.9 Å². The van der Waals surface area contributed by atoms with Crippen LogP contribution in [-0.2, 0) is 0 Å². The first-order chi connectivity index (χ1) is 23.8. The average molecular weight is 617 g/mol. The fraction of sp³-hybridized carbons (Fsp3) is 0. The third-order valence-corrected chi connectivity index (χ3v) is 9.02. The molecule has 6 aromatic carbocycles. The Balaban J connectivity index is 1.21. The average Bonchev–Trinajstić information content (AvgIpc) is 3.74. The van der Waals surface area contributed by atoms with Crippen LogP contribution in [0.1, 0.15) is 0 Å². The van der Waals surface area contributed by atoms with Gasteiger partial charge in [-0.15, -0.1) is 0 Å². The first-order valence-corrected chi connectivity index (χ1v) is 15.8. The summed E-state index contributed by atoms with van der Waals surface area (Å²) in [6, 6.07) is 45.2. The van der Waals surface area contributed by atoms with Crippen LogP contribution >= 0.6 is 0 Å². The molecule has 6 heteroatoms. The molecule has 10 rings (SSSR count). The van der Waals surface area contributed by atoms with E-state index in [-0.39, 0.29) is 0 Å². The molecule has 0 aliphatic heterocycles. The Hall–Kier alpha value is -6.66. The van der Waals surface area contributed by atoms with Gasteiger partial charge in [-0.2, -0.15) is 0 Å². The summed E-state index contributed by atoms with van der Waals surface area (Å²) in [4.78, 5) is 19.7. The van der Waals surface area contributed by atoms with Gasteiger partial charge in [-0.05, 0) is 22.9 Å². The number of nitrogens with zero attached hydrogens (tertiary/aromatic N) is 4. The zero-order valence-electron chi connectivity index (χ0n) is 25.5. The molecule has 6 nitrogen and oxygen atoms in total. The number of para-hydroxylation sites is 3. The van der Waals surface area contributed by atoms with Crippen molar-refractivity contribution in [3.63, 3.8) is 0 Å². The normalized spacial score (nSPS) is 11.8. The zero-order valence-corrected chi connectivity index (χ0v) is 25.5. The van der Waals surface area contributed by atoms with Crippen LogP contribution in [0.4, 0.5) is 0 Å². The summed E-state index contributed by atoms with van der Waals surface area (Å²) in [6.45, 7) is 0. The van der Waals surface area contributed by atoms with E-state index in [0.29, 0.717) is 23.1 Å². The number of furan rings is 2. The van der Waals surface area contributed by atoms with Crippen LogP contribution in [0.2, 0.25) is 0 Å². The summed E-state index contributed by atoms with van der Waals surface area (Å²) in [5.74, 6) is 1.70. The molecule has 0 unspecified atom stereocenters. The van der Waals surface area contributed by atoms with Crippen molar-refractivity contribution < 1.29 is 8.83 Å². The minimum Gasteiger partial charge on any atom is -0.455 e. The Morgan fingerprint density at radius 1 is 0.396 bits per heavy atom. The fourth-order valence-electron chi connectivity index (χ4n) is 6.76. The number of benzene rings is 6. The Bertz CT molecular complexity index is 2850. The lowest BCUT2D eigenvalue weighted by Crippen LogP contribution is -2.00. The molecular weight excluding hydrogens is 592 g/mol. The topological polar surface area (TPSA) is 77.8 Å². The summed E-state index contributed by atoms with van der Waals surface area (Å²) < 4.78 is 13.0. The summed E-state index contributed by atoms with van der Waals surface area (Å²) in [6.07, 6.45) is 3.58. The largest absolute Gasteiger partial charge is 0.455 e. The van der Waals surface area contributed by atoms with Crippen LogP contribution in [0.15, 0.2) is 155 Å². The maximum absolute atomic E-state index is 6.63. The molecule has 0 aliphatic rings. The van der Waals surface area contributed by atoms with Gasteiger partial charge in [0, 0.05) is 55.6 Å². The Morgan fingerprint density at radius 2 is 1.04 bits per heavy atom. The lowest BCUT2D eigenvalue weighted by Gasteiger charge is -2.09. The number of aromatic nitrogens is 4. The molecule has 0 saturated heterocycles. The molecule has 0 aliphatic carbocycles. The third kappa shape index (κ3) is 4.13. The van der Waals surface area contributed by atoms with Gasteiger partial charge in [0.2, 0.25) is 0 Å². The lowest BCUT2D eigenvalue weighted by atomic mass is 9.99. The van der Waals surface area contributed by atoms with Crippen molar-refractivity contribution in [3.8, 4) is 45.3 Å². The Labute approximate surface area is 274 Å². The van der Waals surface area contributed by atoms with Crippen LogP contribution in [-0.4, -0.2) is 19.9 Å². The van der Waals surface area contributed by atoms with Gasteiger partial charge in [-0.1, -0.05) is 121 Å². The maximum Gasteiger partial charge on any atom is 0.166 e. The van der Waals surface area contributed by atoms with E-state index in [1.54, 1.807) is 6.20 Å². The molecule has 0 amide bonds. The number of fused-ring (bicyclic) bond motifs is 7. The van der Waals surface area contributed by atoms with Crippen LogP contribution in [0.25, 0.3) is 99.9 Å². The van der Waals surface area contributed by atoms with Crippen LogP contribution < -0.4 is 0 Å². The Kier molecular flexibility index (Phi) is 5.77. The first-order valence-electron chi connectivity index (χ1n) is 15.8. The molecule has 0 atom stereocenters. The van der Waals surface area contributed by atoms with Crippen molar-refractivity contribution in [1.82, 2.24) is 19.9 Å². The minimum absolute atomic E-state index is 0.526. The fourth-order valence-corrected chi connectivity index (χ4v) is 6.76. The highest BCUT2D eigenvalue weighted by molar-refractivity contribution is 6.17. The van der Waals surface area contributed by atoms with Gasteiger partial charge < -0.3 is 8.83 Å². The summed E-state index contributed by atoms with van der Waals surface area (Å²) in [5, 5.41) is 6.28. The standard InChI is InChI=1S/C42H24N4O2/c1-2-11-26(12-3-1)40-44-41(28-21-20-25-10-4-5-13-27(25)22-28)46-42(45-40)34-23-43-24-36-37(34)33-18-9-17-32(39(33)48-36)31-16-8-15-30-29-14-6-7-19-35(29)47-38(30)31/h1-24H. The van der Waals surface area contributed by atoms with Gasteiger partial charge in [0.05, 0.1) is 6.20 Å². The van der Waals surface area contributed by atoms with Crippen molar-refractivity contribution in [1.29, 1.82) is 0 Å². The monoisotopic (exact) mass is 616 g/mol. The van der Waals surface area contributed by atoms with E-state index >= 15 is 0 Å². The Morgan fingerprint density at radius 3 is 1.90 bits per heavy atom. The van der Waals surface area contributed by atoms with Crippen LogP contribution in [0.3, 0.4) is 0 Å². The highest BCUT2D eigenvalue weighted by Gasteiger charge is 2.21. The van der Waals surface area contributed by atoms with Crippen molar-refractivity contribution >= 4 is 54.6 Å². The third-order valence-electron chi connectivity index (χ3n) is 9.02. The molecule has 0 saturated carbocycles. The number of hydrogen-bond donors (Lipinski definition) is 0. The molecule has 10 aromatic rings. The maximum atomic E-state index is 6.63. The predicted molar refractivity (Wildman–Crippen MR) is 191 cm³/mol. The lowest BCUT2D eigenvalue weighted by molar-refractivity contribution is 0.664. The summed E-state index contributed by atoms with van der Waals surface area (Å²) in [7, 11) is 0. The molecule has 0 fully saturated rings. The van der Waals surface area contributed by atoms with E-state index in [0.717, 1.165) is 76.9 Å². The molecule has 48 heavy (non-hydrogen) atoms. The van der Waals surface area contributed by atoms with Crippen LogP contribution in [0.5, 0.6) is 0 Å². The van der Waals surface area contributed by atoms with Crippen LogP contribution in [0, 0.1) is 0 Å². The minimum atomic E-state index is 0.526. The van der Waals surface area contributed by atoms with Gasteiger partial charge in [0.1, 0.15) is 16.7 Å². The van der Waals surface area contributed by atoms with Gasteiger partial charge in [0.25, 0.3) is 0 Å². The smallest absolute Gasteiger partial charge is 0.166 e. The molecule has 0 bridgehead atoms. The molecule has 4 heterocycles. The van der Waals surface area contributed by atoms with Gasteiger partial charge in [-0.25, -0.2) is 15.0 Å². The van der Waals surface area contributed by atoms with E-state index in [4.69, 9.17) is 23.8 Å². The second kappa shape index (κ2) is 10.4. The second-order valence-corrected chi connectivity index (χ2v) is 11.9. The van der Waals surface area contributed by atoms with E-state index in [1.165, 1.54) is 0 Å². The molecule has 0 spiro atoms. The summed E-state index contributed by atoms with van der Waals surface area (Å²) >= 11 is 0.